The minimum atomic E-state index is -0.455. The van der Waals surface area contributed by atoms with E-state index >= 15 is 0 Å². The number of amides is 1. The van der Waals surface area contributed by atoms with Crippen molar-refractivity contribution in [1.29, 1.82) is 0 Å². The van der Waals surface area contributed by atoms with E-state index < -0.39 is 6.10 Å². The van der Waals surface area contributed by atoms with Crippen LogP contribution in [0, 0.1) is 13.8 Å². The zero-order valence-corrected chi connectivity index (χ0v) is 15.4. The standard InChI is InChI=1S/C17H28N4O2S/c1-12-9-13(2)21(19-12)11-17(23)18-15-10-20(6-3-16(15)22)14-4-7-24-8-5-14/h9,14-16,22H,3-8,10-11H2,1-2H3,(H,18,23)/t15-,16+/m1/s1. The third-order valence-corrected chi connectivity index (χ3v) is 6.11. The summed E-state index contributed by atoms with van der Waals surface area (Å²) in [5, 5.41) is 17.6. The van der Waals surface area contributed by atoms with Crippen molar-refractivity contribution < 1.29 is 9.90 Å². The molecule has 0 bridgehead atoms. The highest BCUT2D eigenvalue weighted by molar-refractivity contribution is 7.99. The molecule has 6 nitrogen and oxygen atoms in total. The van der Waals surface area contributed by atoms with Gasteiger partial charge >= 0.3 is 0 Å². The van der Waals surface area contributed by atoms with Crippen molar-refractivity contribution in [3.8, 4) is 0 Å². The summed E-state index contributed by atoms with van der Waals surface area (Å²) < 4.78 is 1.72. The Labute approximate surface area is 148 Å². The van der Waals surface area contributed by atoms with E-state index in [9.17, 15) is 9.90 Å². The number of piperidine rings is 1. The van der Waals surface area contributed by atoms with E-state index in [4.69, 9.17) is 0 Å². The number of thioether (sulfide) groups is 1. The minimum absolute atomic E-state index is 0.0775. The molecule has 2 fully saturated rings. The second-order valence-corrected chi connectivity index (χ2v) is 8.18. The average molecular weight is 353 g/mol. The maximum absolute atomic E-state index is 12.4. The first-order valence-electron chi connectivity index (χ1n) is 8.83. The summed E-state index contributed by atoms with van der Waals surface area (Å²) in [5.74, 6) is 2.36. The van der Waals surface area contributed by atoms with Crippen LogP contribution in [0.4, 0.5) is 0 Å². The van der Waals surface area contributed by atoms with Crippen molar-refractivity contribution in [3.05, 3.63) is 17.5 Å². The highest BCUT2D eigenvalue weighted by Crippen LogP contribution is 2.24. The zero-order chi connectivity index (χ0) is 17.1. The van der Waals surface area contributed by atoms with Crippen molar-refractivity contribution in [2.45, 2.75) is 57.8 Å². The van der Waals surface area contributed by atoms with Crippen molar-refractivity contribution in [2.75, 3.05) is 24.6 Å². The highest BCUT2D eigenvalue weighted by atomic mass is 32.2. The van der Waals surface area contributed by atoms with Gasteiger partial charge < -0.3 is 10.4 Å². The lowest BCUT2D eigenvalue weighted by molar-refractivity contribution is -0.124. The Morgan fingerprint density at radius 3 is 2.79 bits per heavy atom. The Morgan fingerprint density at radius 2 is 2.12 bits per heavy atom. The molecule has 2 saturated heterocycles. The number of aliphatic hydroxyl groups is 1. The first-order valence-corrected chi connectivity index (χ1v) is 9.98. The summed E-state index contributed by atoms with van der Waals surface area (Å²) >= 11 is 2.02. The number of likely N-dealkylation sites (tertiary alicyclic amines) is 1. The molecule has 3 heterocycles. The lowest BCUT2D eigenvalue weighted by atomic mass is 9.98. The van der Waals surface area contributed by atoms with E-state index in [1.54, 1.807) is 4.68 Å². The smallest absolute Gasteiger partial charge is 0.242 e. The van der Waals surface area contributed by atoms with Crippen LogP contribution in [-0.4, -0.2) is 68.5 Å². The lowest BCUT2D eigenvalue weighted by Crippen LogP contribution is -2.58. The summed E-state index contributed by atoms with van der Waals surface area (Å²) in [5.41, 5.74) is 1.90. The second kappa shape index (κ2) is 7.89. The average Bonchev–Trinajstić information content (AvgIpc) is 2.87. The predicted molar refractivity (Wildman–Crippen MR) is 96.2 cm³/mol. The Kier molecular flexibility index (Phi) is 5.84. The number of carbonyl (C=O) groups excluding carboxylic acids is 1. The van der Waals surface area contributed by atoms with Gasteiger partial charge in [0.1, 0.15) is 6.54 Å². The second-order valence-electron chi connectivity index (χ2n) is 6.95. The lowest BCUT2D eigenvalue weighted by Gasteiger charge is -2.42. The third kappa shape index (κ3) is 4.32. The molecule has 2 N–H and O–H groups in total. The van der Waals surface area contributed by atoms with E-state index in [1.807, 2.05) is 31.7 Å². The number of nitrogens with one attached hydrogen (secondary N) is 1. The highest BCUT2D eigenvalue weighted by Gasteiger charge is 2.32. The number of hydrogen-bond acceptors (Lipinski definition) is 5. The van der Waals surface area contributed by atoms with Gasteiger partial charge in [-0.2, -0.15) is 16.9 Å². The van der Waals surface area contributed by atoms with Crippen LogP contribution in [-0.2, 0) is 11.3 Å². The Hall–Kier alpha value is -1.05. The Balaban J connectivity index is 1.56. The maximum Gasteiger partial charge on any atom is 0.242 e. The van der Waals surface area contributed by atoms with Gasteiger partial charge in [0.25, 0.3) is 0 Å². The molecule has 24 heavy (non-hydrogen) atoms. The Bertz CT molecular complexity index is 571. The van der Waals surface area contributed by atoms with Gasteiger partial charge in [-0.25, -0.2) is 0 Å². The molecule has 1 aromatic rings. The van der Waals surface area contributed by atoms with E-state index in [-0.39, 0.29) is 18.5 Å². The van der Waals surface area contributed by atoms with Crippen LogP contribution in [0.3, 0.4) is 0 Å². The number of aromatic nitrogens is 2. The molecule has 2 atom stereocenters. The van der Waals surface area contributed by atoms with Crippen LogP contribution in [0.1, 0.15) is 30.7 Å². The molecule has 0 aromatic carbocycles. The summed E-state index contributed by atoms with van der Waals surface area (Å²) in [4.78, 5) is 14.8. The summed E-state index contributed by atoms with van der Waals surface area (Å²) in [6, 6.07) is 2.39. The van der Waals surface area contributed by atoms with Crippen molar-refractivity contribution in [3.63, 3.8) is 0 Å². The summed E-state index contributed by atoms with van der Waals surface area (Å²) in [6.07, 6.45) is 2.71. The first-order chi connectivity index (χ1) is 11.5. The van der Waals surface area contributed by atoms with Gasteiger partial charge in [-0.05, 0) is 50.7 Å². The molecule has 0 aliphatic carbocycles. The molecule has 1 amide bonds. The molecule has 134 valence electrons. The van der Waals surface area contributed by atoms with Crippen molar-refractivity contribution in [1.82, 2.24) is 20.0 Å². The maximum atomic E-state index is 12.4. The third-order valence-electron chi connectivity index (χ3n) is 5.06. The van der Waals surface area contributed by atoms with Gasteiger partial charge in [0.15, 0.2) is 0 Å². The molecular formula is C17H28N4O2S. The number of aliphatic hydroxyl groups excluding tert-OH is 1. The molecule has 3 rings (SSSR count). The van der Waals surface area contributed by atoms with E-state index in [0.29, 0.717) is 6.04 Å². The van der Waals surface area contributed by atoms with Gasteiger partial charge in [-0.1, -0.05) is 0 Å². The van der Waals surface area contributed by atoms with Crippen molar-refractivity contribution in [2.24, 2.45) is 0 Å². The van der Waals surface area contributed by atoms with Gasteiger partial charge in [-0.15, -0.1) is 0 Å². The predicted octanol–water partition coefficient (Wildman–Crippen LogP) is 0.947. The van der Waals surface area contributed by atoms with E-state index in [0.717, 1.165) is 30.9 Å². The summed E-state index contributed by atoms with van der Waals surface area (Å²) in [6.45, 7) is 5.76. The van der Waals surface area contributed by atoms with Gasteiger partial charge in [-0.3, -0.25) is 14.4 Å². The topological polar surface area (TPSA) is 70.4 Å². The normalized spacial score (nSPS) is 26.5. The van der Waals surface area contributed by atoms with Crippen molar-refractivity contribution >= 4 is 17.7 Å². The fourth-order valence-corrected chi connectivity index (χ4v) is 4.79. The SMILES string of the molecule is Cc1cc(C)n(CC(=O)N[C@@H]2CN(C3CCSCC3)CC[C@@H]2O)n1. The number of carbonyl (C=O) groups is 1. The largest absolute Gasteiger partial charge is 0.391 e. The molecule has 0 radical (unpaired) electrons. The van der Waals surface area contributed by atoms with Crippen LogP contribution < -0.4 is 5.32 Å². The van der Waals surface area contributed by atoms with Crippen LogP contribution in [0.2, 0.25) is 0 Å². The van der Waals surface area contributed by atoms with E-state index in [1.165, 1.54) is 24.3 Å². The molecule has 0 unspecified atom stereocenters. The molecule has 2 aliphatic heterocycles. The molecule has 7 heteroatoms. The van der Waals surface area contributed by atoms with Gasteiger partial charge in [0, 0.05) is 24.8 Å². The van der Waals surface area contributed by atoms with Crippen LogP contribution in [0.5, 0.6) is 0 Å². The monoisotopic (exact) mass is 352 g/mol. The number of aryl methyl sites for hydroxylation is 2. The molecular weight excluding hydrogens is 324 g/mol. The molecule has 1 aromatic heterocycles. The van der Waals surface area contributed by atoms with Crippen LogP contribution in [0.25, 0.3) is 0 Å². The minimum Gasteiger partial charge on any atom is -0.391 e. The molecule has 0 spiro atoms. The number of nitrogens with zero attached hydrogens (tertiary/aromatic N) is 3. The number of hydrogen-bond donors (Lipinski definition) is 2. The van der Waals surface area contributed by atoms with E-state index in [2.05, 4.69) is 15.3 Å². The van der Waals surface area contributed by atoms with Gasteiger partial charge in [0.05, 0.1) is 17.8 Å². The number of rotatable bonds is 4. The fourth-order valence-electron chi connectivity index (χ4n) is 3.71. The Morgan fingerprint density at radius 1 is 1.38 bits per heavy atom. The molecule has 0 saturated carbocycles. The fraction of sp³-hybridized carbons (Fsp3) is 0.765. The molecule has 2 aliphatic rings. The van der Waals surface area contributed by atoms with Crippen LogP contribution in [0.15, 0.2) is 6.07 Å². The zero-order valence-electron chi connectivity index (χ0n) is 14.6. The summed E-state index contributed by atoms with van der Waals surface area (Å²) in [7, 11) is 0. The van der Waals surface area contributed by atoms with Crippen LogP contribution >= 0.6 is 11.8 Å². The first kappa shape index (κ1) is 17.8. The van der Waals surface area contributed by atoms with Gasteiger partial charge in [0.2, 0.25) is 5.91 Å². The quantitative estimate of drug-likeness (QED) is 0.844.